The van der Waals surface area contributed by atoms with Gasteiger partial charge in [-0.3, -0.25) is 4.79 Å². The maximum absolute atomic E-state index is 12.7. The Morgan fingerprint density at radius 3 is 2.77 bits per heavy atom. The van der Waals surface area contributed by atoms with E-state index >= 15 is 0 Å². The van der Waals surface area contributed by atoms with Gasteiger partial charge >= 0.3 is 0 Å². The van der Waals surface area contributed by atoms with Crippen molar-refractivity contribution in [3.05, 3.63) is 39.7 Å². The third-order valence-corrected chi connectivity index (χ3v) is 5.25. The van der Waals surface area contributed by atoms with E-state index in [2.05, 4.69) is 15.4 Å². The van der Waals surface area contributed by atoms with Crippen LogP contribution in [0.1, 0.15) is 39.3 Å². The highest BCUT2D eigenvalue weighted by Gasteiger charge is 2.20. The zero-order valence-corrected chi connectivity index (χ0v) is 16.4. The molecule has 0 aliphatic heterocycles. The summed E-state index contributed by atoms with van der Waals surface area (Å²) in [6, 6.07) is 3.75. The molecule has 0 aliphatic carbocycles. The van der Waals surface area contributed by atoms with Crippen molar-refractivity contribution in [3.63, 3.8) is 0 Å². The zero-order valence-electron chi connectivity index (χ0n) is 15.5. The monoisotopic (exact) mass is 374 g/mol. The molecule has 0 fully saturated rings. The molecular weight excluding hydrogens is 352 g/mol. The second-order valence-electron chi connectivity index (χ2n) is 5.94. The van der Waals surface area contributed by atoms with E-state index in [1.165, 1.54) is 11.3 Å². The fourth-order valence-electron chi connectivity index (χ4n) is 2.83. The number of furan rings is 1. The molecule has 0 unspecified atom stereocenters. The van der Waals surface area contributed by atoms with E-state index < -0.39 is 0 Å². The largest absolute Gasteiger partial charge is 0.481 e. The van der Waals surface area contributed by atoms with Crippen molar-refractivity contribution in [2.24, 2.45) is 7.05 Å². The van der Waals surface area contributed by atoms with E-state index in [0.717, 1.165) is 23.4 Å². The molecule has 0 aliphatic rings. The Labute approximate surface area is 156 Å². The fourth-order valence-corrected chi connectivity index (χ4v) is 3.78. The van der Waals surface area contributed by atoms with Crippen molar-refractivity contribution in [3.8, 4) is 16.6 Å². The van der Waals surface area contributed by atoms with Crippen LogP contribution in [0.5, 0.6) is 5.88 Å². The lowest BCUT2D eigenvalue weighted by Gasteiger charge is -2.07. The third-order valence-electron chi connectivity index (χ3n) is 4.08. The van der Waals surface area contributed by atoms with Gasteiger partial charge in [0.2, 0.25) is 5.88 Å². The molecule has 0 spiro atoms. The molecule has 0 atom stereocenters. The fraction of sp³-hybridized carbons (Fsp3) is 0.389. The molecule has 26 heavy (non-hydrogen) atoms. The van der Waals surface area contributed by atoms with Crippen molar-refractivity contribution in [1.82, 2.24) is 20.1 Å². The maximum Gasteiger partial charge on any atom is 0.263 e. The van der Waals surface area contributed by atoms with Gasteiger partial charge < -0.3 is 14.5 Å². The van der Waals surface area contributed by atoms with Crippen LogP contribution in [0.4, 0.5) is 0 Å². The standard InChI is InChI=1S/C18H22N4O3S/c1-6-13-12(18(24-5)22(4)21-13)9-19-16(23)15-11(3)20-17(26-15)14-8-7-10(2)25-14/h7-8H,6,9H2,1-5H3,(H,19,23). The number of thiazole rings is 1. The van der Waals surface area contributed by atoms with E-state index in [1.54, 1.807) is 11.8 Å². The molecule has 138 valence electrons. The van der Waals surface area contributed by atoms with Gasteiger partial charge in [0.1, 0.15) is 10.6 Å². The lowest BCUT2D eigenvalue weighted by atomic mass is 10.2. The average molecular weight is 374 g/mol. The Morgan fingerprint density at radius 1 is 1.38 bits per heavy atom. The minimum atomic E-state index is -0.164. The van der Waals surface area contributed by atoms with Crippen LogP contribution < -0.4 is 10.1 Å². The van der Waals surface area contributed by atoms with E-state index in [1.807, 2.05) is 40.0 Å². The Bertz CT molecular complexity index is 939. The molecule has 0 saturated heterocycles. The summed E-state index contributed by atoms with van der Waals surface area (Å²) in [5.74, 6) is 1.99. The van der Waals surface area contributed by atoms with E-state index in [-0.39, 0.29) is 5.91 Å². The predicted octanol–water partition coefficient (Wildman–Crippen LogP) is 3.25. The van der Waals surface area contributed by atoms with Gasteiger partial charge in [0, 0.05) is 7.05 Å². The van der Waals surface area contributed by atoms with Gasteiger partial charge in [0.05, 0.1) is 30.6 Å². The summed E-state index contributed by atoms with van der Waals surface area (Å²) in [5, 5.41) is 8.09. The van der Waals surface area contributed by atoms with Gasteiger partial charge in [0.15, 0.2) is 10.8 Å². The molecule has 1 amide bonds. The summed E-state index contributed by atoms with van der Waals surface area (Å²) >= 11 is 1.33. The molecule has 3 aromatic heterocycles. The van der Waals surface area contributed by atoms with Crippen molar-refractivity contribution in [1.29, 1.82) is 0 Å². The molecule has 0 radical (unpaired) electrons. The minimum Gasteiger partial charge on any atom is -0.481 e. The summed E-state index contributed by atoms with van der Waals surface area (Å²) in [5.41, 5.74) is 2.50. The van der Waals surface area contributed by atoms with Crippen LogP contribution in [0.25, 0.3) is 10.8 Å². The molecule has 0 bridgehead atoms. The highest BCUT2D eigenvalue weighted by molar-refractivity contribution is 7.17. The Morgan fingerprint density at radius 2 is 2.15 bits per heavy atom. The minimum absolute atomic E-state index is 0.164. The van der Waals surface area contributed by atoms with Gasteiger partial charge in [-0.2, -0.15) is 5.10 Å². The number of rotatable bonds is 6. The molecule has 1 N–H and O–H groups in total. The van der Waals surface area contributed by atoms with E-state index in [9.17, 15) is 4.79 Å². The number of ether oxygens (including phenoxy) is 1. The number of hydrogen-bond donors (Lipinski definition) is 1. The number of aryl methyl sites for hydroxylation is 4. The van der Waals surface area contributed by atoms with E-state index in [4.69, 9.17) is 9.15 Å². The van der Waals surface area contributed by atoms with Crippen LogP contribution in [-0.2, 0) is 20.0 Å². The first-order valence-electron chi connectivity index (χ1n) is 8.35. The molecule has 0 saturated carbocycles. The van der Waals surface area contributed by atoms with Crippen LogP contribution in [0.15, 0.2) is 16.5 Å². The molecule has 3 rings (SSSR count). The highest BCUT2D eigenvalue weighted by atomic mass is 32.1. The van der Waals surface area contributed by atoms with Crippen LogP contribution in [0.2, 0.25) is 0 Å². The maximum atomic E-state index is 12.7. The summed E-state index contributed by atoms with van der Waals surface area (Å²) in [6.07, 6.45) is 0.768. The lowest BCUT2D eigenvalue weighted by molar-refractivity contribution is 0.0954. The normalized spacial score (nSPS) is 11.0. The molecular formula is C18H22N4O3S. The summed E-state index contributed by atoms with van der Waals surface area (Å²) in [7, 11) is 3.43. The topological polar surface area (TPSA) is 82.2 Å². The Balaban J connectivity index is 1.78. The number of methoxy groups -OCH3 is 1. The second-order valence-corrected chi connectivity index (χ2v) is 6.94. The lowest BCUT2D eigenvalue weighted by Crippen LogP contribution is -2.23. The Kier molecular flexibility index (Phi) is 5.13. The molecule has 3 aromatic rings. The smallest absolute Gasteiger partial charge is 0.263 e. The average Bonchev–Trinajstić information content (AvgIpc) is 3.29. The number of nitrogens with zero attached hydrogens (tertiary/aromatic N) is 3. The Hall–Kier alpha value is -2.61. The third kappa shape index (κ3) is 3.37. The van der Waals surface area contributed by atoms with Crippen LogP contribution in [-0.4, -0.2) is 27.8 Å². The van der Waals surface area contributed by atoms with Crippen molar-refractivity contribution < 1.29 is 13.9 Å². The number of nitrogens with one attached hydrogen (secondary N) is 1. The van der Waals surface area contributed by atoms with Crippen molar-refractivity contribution in [2.75, 3.05) is 7.11 Å². The van der Waals surface area contributed by atoms with E-state index in [0.29, 0.717) is 33.8 Å². The van der Waals surface area contributed by atoms with Crippen LogP contribution in [0, 0.1) is 13.8 Å². The first-order chi connectivity index (χ1) is 12.4. The zero-order chi connectivity index (χ0) is 18.8. The summed E-state index contributed by atoms with van der Waals surface area (Å²) < 4.78 is 12.7. The van der Waals surface area contributed by atoms with Gasteiger partial charge in [-0.25, -0.2) is 9.67 Å². The quantitative estimate of drug-likeness (QED) is 0.716. The first kappa shape index (κ1) is 18.2. The van der Waals surface area contributed by atoms with Gasteiger partial charge in [-0.05, 0) is 32.4 Å². The molecule has 0 aromatic carbocycles. The van der Waals surface area contributed by atoms with Gasteiger partial charge in [-0.15, -0.1) is 11.3 Å². The van der Waals surface area contributed by atoms with Crippen molar-refractivity contribution >= 4 is 17.2 Å². The number of aromatic nitrogens is 3. The number of hydrogen-bond acceptors (Lipinski definition) is 6. The second kappa shape index (κ2) is 7.33. The van der Waals surface area contributed by atoms with Crippen LogP contribution >= 0.6 is 11.3 Å². The SMILES string of the molecule is CCc1nn(C)c(OC)c1CNC(=O)c1sc(-c2ccc(C)o2)nc1C. The molecule has 7 nitrogen and oxygen atoms in total. The van der Waals surface area contributed by atoms with Gasteiger partial charge in [0.25, 0.3) is 5.91 Å². The predicted molar refractivity (Wildman–Crippen MR) is 99.6 cm³/mol. The van der Waals surface area contributed by atoms with Gasteiger partial charge in [-0.1, -0.05) is 6.92 Å². The van der Waals surface area contributed by atoms with Crippen LogP contribution in [0.3, 0.4) is 0 Å². The molecule has 8 heteroatoms. The molecule has 3 heterocycles. The number of carbonyl (C=O) groups is 1. The first-order valence-corrected chi connectivity index (χ1v) is 9.17. The summed E-state index contributed by atoms with van der Waals surface area (Å²) in [4.78, 5) is 17.7. The number of carbonyl (C=O) groups excluding carboxylic acids is 1. The highest BCUT2D eigenvalue weighted by Crippen LogP contribution is 2.29. The van der Waals surface area contributed by atoms with Crippen molar-refractivity contribution in [2.45, 2.75) is 33.7 Å². The summed E-state index contributed by atoms with van der Waals surface area (Å²) in [6.45, 7) is 6.08. The number of amides is 1.